The van der Waals surface area contributed by atoms with E-state index in [-0.39, 0.29) is 31.9 Å². The zero-order chi connectivity index (χ0) is 27.7. The van der Waals surface area contributed by atoms with Crippen molar-refractivity contribution < 1.29 is 44.8 Å². The van der Waals surface area contributed by atoms with Gasteiger partial charge in [0.2, 0.25) is 9.84 Å². The van der Waals surface area contributed by atoms with E-state index in [2.05, 4.69) is 9.88 Å². The molecular formula is C29H28BrN3O5S2. The zero-order valence-corrected chi connectivity index (χ0v) is 24.6. The first-order chi connectivity index (χ1) is 18.9. The fourth-order valence-corrected chi connectivity index (χ4v) is 5.99. The van der Waals surface area contributed by atoms with Gasteiger partial charge in [-0.3, -0.25) is 20.3 Å². The highest BCUT2D eigenvalue weighted by Crippen LogP contribution is 2.27. The van der Waals surface area contributed by atoms with Crippen molar-refractivity contribution >= 4 is 44.0 Å². The average Bonchev–Trinajstić information content (AvgIpc) is 2.96. The van der Waals surface area contributed by atoms with Gasteiger partial charge in [-0.2, -0.15) is 0 Å². The average molecular weight is 643 g/mol. The smallest absolute Gasteiger partial charge is 0.256 e. The van der Waals surface area contributed by atoms with Crippen LogP contribution in [0.2, 0.25) is 0 Å². The maximum absolute atomic E-state index is 13.0. The predicted molar refractivity (Wildman–Crippen MR) is 149 cm³/mol. The summed E-state index contributed by atoms with van der Waals surface area (Å²) in [5.74, 6) is -0.394. The van der Waals surface area contributed by atoms with Gasteiger partial charge in [0.1, 0.15) is 6.54 Å². The molecule has 1 heterocycles. The summed E-state index contributed by atoms with van der Waals surface area (Å²) in [6.45, 7) is 0.839. The van der Waals surface area contributed by atoms with E-state index in [0.29, 0.717) is 28.3 Å². The van der Waals surface area contributed by atoms with Crippen molar-refractivity contribution in [2.75, 3.05) is 10.8 Å². The van der Waals surface area contributed by atoms with Gasteiger partial charge in [-0.05, 0) is 67.1 Å². The molecule has 0 bridgehead atoms. The molecule has 0 radical (unpaired) electrons. The van der Waals surface area contributed by atoms with Crippen LogP contribution < -0.4 is 32.3 Å². The Kier molecular flexibility index (Phi) is 11.4. The summed E-state index contributed by atoms with van der Waals surface area (Å²) in [7, 11) is -3.77. The second-order valence-corrected chi connectivity index (χ2v) is 11.7. The van der Waals surface area contributed by atoms with Crippen molar-refractivity contribution in [3.05, 3.63) is 109 Å². The number of aromatic nitrogens is 1. The highest BCUT2D eigenvalue weighted by atomic mass is 79.9. The highest BCUT2D eigenvalue weighted by molar-refractivity contribution is 8.13. The number of anilines is 2. The van der Waals surface area contributed by atoms with Crippen LogP contribution in [0.15, 0.2) is 118 Å². The molecule has 0 spiro atoms. The second-order valence-electron chi connectivity index (χ2n) is 8.66. The summed E-state index contributed by atoms with van der Waals surface area (Å²) in [6.07, 6.45) is 6.02. The van der Waals surface area contributed by atoms with Gasteiger partial charge in [0.05, 0.1) is 21.0 Å². The number of nitrogens with zero attached hydrogens (tertiary/aromatic N) is 1. The van der Waals surface area contributed by atoms with Gasteiger partial charge >= 0.3 is 0 Å². The SMILES string of the molecule is O=C(CCCC[n+]1ccccc1)Sc1ccccc1C(=O)Nc1ccc(S(=O)(=O)c2ccc(NO)cc2)cc1.[Br-]. The Morgan fingerprint density at radius 3 is 2.00 bits per heavy atom. The lowest BCUT2D eigenvalue weighted by molar-refractivity contribution is -0.697. The lowest BCUT2D eigenvalue weighted by Crippen LogP contribution is -3.00. The molecule has 0 saturated carbocycles. The number of hydrogen-bond donors (Lipinski definition) is 3. The van der Waals surface area contributed by atoms with Crippen molar-refractivity contribution in [3.63, 3.8) is 0 Å². The summed E-state index contributed by atoms with van der Waals surface area (Å²) in [5.41, 5.74) is 3.11. The Labute approximate surface area is 248 Å². The molecule has 0 aliphatic heterocycles. The molecule has 8 nitrogen and oxygen atoms in total. The number of amides is 1. The molecule has 0 unspecified atom stereocenters. The van der Waals surface area contributed by atoms with E-state index in [1.807, 2.05) is 36.1 Å². The van der Waals surface area contributed by atoms with Crippen molar-refractivity contribution in [1.29, 1.82) is 0 Å². The topological polar surface area (TPSA) is 116 Å². The van der Waals surface area contributed by atoms with E-state index in [1.165, 1.54) is 48.5 Å². The number of benzene rings is 3. The number of halogens is 1. The third-order valence-electron chi connectivity index (χ3n) is 5.90. The lowest BCUT2D eigenvalue weighted by Gasteiger charge is -2.10. The Morgan fingerprint density at radius 1 is 0.775 bits per heavy atom. The van der Waals surface area contributed by atoms with Crippen LogP contribution >= 0.6 is 11.8 Å². The van der Waals surface area contributed by atoms with Crippen LogP contribution in [-0.4, -0.2) is 24.6 Å². The number of hydrogen-bond acceptors (Lipinski definition) is 7. The standard InChI is InChI=1S/C29H27N3O5S2.BrH/c33-28(10-4-7-21-32-19-5-1-6-20-32)38-27-9-3-2-8-26(27)29(34)30-22-11-15-24(16-12-22)39(36,37)25-17-13-23(31-35)14-18-25;/h1-3,5-6,8-9,11-20,31,35H,4,7,10,21H2;1H. The van der Waals surface area contributed by atoms with Crippen molar-refractivity contribution in [2.24, 2.45) is 0 Å². The van der Waals surface area contributed by atoms with Crippen LogP contribution in [0.4, 0.5) is 11.4 Å². The number of unbranched alkanes of at least 4 members (excludes halogenated alkanes) is 1. The van der Waals surface area contributed by atoms with E-state index in [1.54, 1.807) is 24.3 Å². The first-order valence-electron chi connectivity index (χ1n) is 12.3. The van der Waals surface area contributed by atoms with Crippen LogP contribution in [-0.2, 0) is 21.2 Å². The normalized spacial score (nSPS) is 10.8. The summed E-state index contributed by atoms with van der Waals surface area (Å²) in [6, 6.07) is 24.3. The minimum absolute atomic E-state index is 0. The summed E-state index contributed by atoms with van der Waals surface area (Å²) in [4.78, 5) is 26.3. The molecule has 0 saturated heterocycles. The Hall–Kier alpha value is -3.51. The van der Waals surface area contributed by atoms with Crippen LogP contribution in [0.5, 0.6) is 0 Å². The number of carbonyl (C=O) groups excluding carboxylic acids is 2. The van der Waals surface area contributed by atoms with Crippen LogP contribution in [0.1, 0.15) is 29.6 Å². The van der Waals surface area contributed by atoms with E-state index in [4.69, 9.17) is 5.21 Å². The maximum atomic E-state index is 13.0. The van der Waals surface area contributed by atoms with Crippen LogP contribution in [0, 0.1) is 0 Å². The number of rotatable bonds is 11. The van der Waals surface area contributed by atoms with E-state index in [0.717, 1.165) is 31.1 Å². The van der Waals surface area contributed by atoms with Crippen LogP contribution in [0.25, 0.3) is 0 Å². The highest BCUT2D eigenvalue weighted by Gasteiger charge is 2.19. The molecule has 1 aromatic heterocycles. The Morgan fingerprint density at radius 2 is 1.38 bits per heavy atom. The van der Waals surface area contributed by atoms with E-state index < -0.39 is 15.7 Å². The fraction of sp³-hybridized carbons (Fsp3) is 0.138. The number of sulfone groups is 1. The molecule has 40 heavy (non-hydrogen) atoms. The Bertz CT molecular complexity index is 1530. The van der Waals surface area contributed by atoms with Gasteiger partial charge in [0, 0.05) is 35.6 Å². The molecule has 0 aliphatic rings. The largest absolute Gasteiger partial charge is 1.00 e. The molecule has 11 heteroatoms. The number of thioether (sulfide) groups is 1. The van der Waals surface area contributed by atoms with Gasteiger partial charge < -0.3 is 22.3 Å². The second kappa shape index (κ2) is 14.8. The first kappa shape index (κ1) is 31.0. The Balaban J connectivity index is 0.00000441. The van der Waals surface area contributed by atoms with Crippen LogP contribution in [0.3, 0.4) is 0 Å². The number of carbonyl (C=O) groups is 2. The number of aryl methyl sites for hydroxylation is 1. The molecule has 1 amide bonds. The minimum atomic E-state index is -3.77. The maximum Gasteiger partial charge on any atom is 0.256 e. The molecule has 0 fully saturated rings. The molecule has 0 aliphatic carbocycles. The molecule has 0 atom stereocenters. The molecule has 3 aromatic carbocycles. The summed E-state index contributed by atoms with van der Waals surface area (Å²) >= 11 is 1.06. The van der Waals surface area contributed by atoms with Gasteiger partial charge in [0.25, 0.3) is 5.91 Å². The first-order valence-corrected chi connectivity index (χ1v) is 14.6. The summed E-state index contributed by atoms with van der Waals surface area (Å²) < 4.78 is 27.9. The van der Waals surface area contributed by atoms with E-state index in [9.17, 15) is 18.0 Å². The minimum Gasteiger partial charge on any atom is -1.00 e. The van der Waals surface area contributed by atoms with Crippen molar-refractivity contribution in [1.82, 2.24) is 0 Å². The predicted octanol–water partition coefficient (Wildman–Crippen LogP) is 2.35. The summed E-state index contributed by atoms with van der Waals surface area (Å²) in [5, 5.41) is 11.7. The lowest BCUT2D eigenvalue weighted by atomic mass is 10.2. The van der Waals surface area contributed by atoms with E-state index >= 15 is 0 Å². The molecular weight excluding hydrogens is 614 g/mol. The third kappa shape index (κ3) is 8.25. The molecule has 3 N–H and O–H groups in total. The third-order valence-corrected chi connectivity index (χ3v) is 8.69. The quantitative estimate of drug-likeness (QED) is 0.0996. The number of nitrogens with one attached hydrogen (secondary N) is 2. The van der Waals surface area contributed by atoms with Gasteiger partial charge in [-0.15, -0.1) is 0 Å². The monoisotopic (exact) mass is 641 g/mol. The molecule has 208 valence electrons. The molecule has 4 aromatic rings. The number of pyridine rings is 1. The molecule has 4 rings (SSSR count). The van der Waals surface area contributed by atoms with Gasteiger partial charge in [0.15, 0.2) is 17.5 Å². The fourth-order valence-electron chi connectivity index (χ4n) is 3.82. The van der Waals surface area contributed by atoms with Gasteiger partial charge in [-0.1, -0.05) is 30.0 Å². The van der Waals surface area contributed by atoms with Gasteiger partial charge in [-0.25, -0.2) is 13.0 Å². The zero-order valence-electron chi connectivity index (χ0n) is 21.4. The van der Waals surface area contributed by atoms with Crippen molar-refractivity contribution in [3.8, 4) is 0 Å². The van der Waals surface area contributed by atoms with Crippen molar-refractivity contribution in [2.45, 2.75) is 40.5 Å².